The van der Waals surface area contributed by atoms with Crippen molar-refractivity contribution in [3.05, 3.63) is 15.3 Å². The van der Waals surface area contributed by atoms with Crippen LogP contribution in [0.3, 0.4) is 0 Å². The molecule has 0 radical (unpaired) electrons. The van der Waals surface area contributed by atoms with E-state index in [1.54, 1.807) is 11.3 Å². The van der Waals surface area contributed by atoms with Gasteiger partial charge in [-0.1, -0.05) is 12.2 Å². The molecule has 2 rings (SSSR count). The van der Waals surface area contributed by atoms with E-state index in [1.165, 1.54) is 0 Å². The Labute approximate surface area is 78.5 Å². The molecule has 0 aliphatic rings. The van der Waals surface area contributed by atoms with Gasteiger partial charge < -0.3 is 0 Å². The van der Waals surface area contributed by atoms with Crippen LogP contribution in [0.2, 0.25) is 0 Å². The van der Waals surface area contributed by atoms with Gasteiger partial charge in [0.1, 0.15) is 10.2 Å². The minimum Gasteiger partial charge on any atom is -0.266 e. The number of hydrogen-bond acceptors (Lipinski definition) is 4. The van der Waals surface area contributed by atoms with Crippen molar-refractivity contribution >= 4 is 33.8 Å². The molecular weight excluding hydrogens is 190 g/mol. The molecule has 0 spiro atoms. The second kappa shape index (κ2) is 2.60. The minimum absolute atomic E-state index is 0.625. The van der Waals surface area contributed by atoms with Gasteiger partial charge in [-0.3, -0.25) is 5.10 Å². The van der Waals surface area contributed by atoms with Gasteiger partial charge in [0.15, 0.2) is 0 Å². The lowest BCUT2D eigenvalue weighted by molar-refractivity contribution is 0.989. The number of thiazole rings is 1. The average molecular weight is 197 g/mol. The zero-order chi connectivity index (χ0) is 8.72. The summed E-state index contributed by atoms with van der Waals surface area (Å²) in [6.07, 6.45) is 0. The van der Waals surface area contributed by atoms with Crippen LogP contribution in [0.1, 0.15) is 10.7 Å². The maximum absolute atomic E-state index is 5.05. The number of H-pyrrole nitrogens is 1. The standard InChI is InChI=1S/C7H7N3S2/c1-3-6-5(7(11)10-9-3)8-4(2)12-6/h1-2H3,(H,10,11). The Morgan fingerprint density at radius 2 is 2.17 bits per heavy atom. The number of aromatic amines is 1. The molecule has 0 unspecified atom stereocenters. The topological polar surface area (TPSA) is 41.6 Å². The number of nitrogens with zero attached hydrogens (tertiary/aromatic N) is 2. The lowest BCUT2D eigenvalue weighted by atomic mass is 10.4. The van der Waals surface area contributed by atoms with Crippen LogP contribution in [0.4, 0.5) is 0 Å². The van der Waals surface area contributed by atoms with Gasteiger partial charge in [-0.25, -0.2) is 4.98 Å². The molecule has 2 aromatic rings. The van der Waals surface area contributed by atoms with E-state index in [2.05, 4.69) is 15.2 Å². The largest absolute Gasteiger partial charge is 0.266 e. The Hall–Kier alpha value is -0.810. The molecule has 0 fully saturated rings. The quantitative estimate of drug-likeness (QED) is 0.659. The fourth-order valence-electron chi connectivity index (χ4n) is 1.06. The van der Waals surface area contributed by atoms with Crippen molar-refractivity contribution in [2.24, 2.45) is 0 Å². The Morgan fingerprint density at radius 3 is 2.83 bits per heavy atom. The highest BCUT2D eigenvalue weighted by atomic mass is 32.1. The average Bonchev–Trinajstić information content (AvgIpc) is 2.41. The van der Waals surface area contributed by atoms with E-state index in [-0.39, 0.29) is 0 Å². The molecule has 12 heavy (non-hydrogen) atoms. The van der Waals surface area contributed by atoms with E-state index in [0.29, 0.717) is 4.64 Å². The SMILES string of the molecule is Cc1nc2c(=S)[nH]nc(C)c2s1. The highest BCUT2D eigenvalue weighted by Gasteiger charge is 2.05. The van der Waals surface area contributed by atoms with Crippen LogP contribution in [-0.2, 0) is 0 Å². The highest BCUT2D eigenvalue weighted by Crippen LogP contribution is 2.22. The molecule has 0 aliphatic heterocycles. The molecule has 2 aromatic heterocycles. The normalized spacial score (nSPS) is 10.8. The first-order valence-electron chi connectivity index (χ1n) is 3.51. The van der Waals surface area contributed by atoms with Gasteiger partial charge >= 0.3 is 0 Å². The summed E-state index contributed by atoms with van der Waals surface area (Å²) in [5.41, 5.74) is 1.84. The predicted octanol–water partition coefficient (Wildman–Crippen LogP) is 2.37. The molecule has 62 valence electrons. The van der Waals surface area contributed by atoms with Crippen molar-refractivity contribution in [1.82, 2.24) is 15.2 Å². The summed E-state index contributed by atoms with van der Waals surface area (Å²) < 4.78 is 1.72. The van der Waals surface area contributed by atoms with E-state index >= 15 is 0 Å². The zero-order valence-electron chi connectivity index (χ0n) is 6.71. The van der Waals surface area contributed by atoms with Gasteiger partial charge in [0.05, 0.1) is 15.4 Å². The smallest absolute Gasteiger partial charge is 0.147 e. The van der Waals surface area contributed by atoms with Crippen molar-refractivity contribution in [3.8, 4) is 0 Å². The third-order valence-corrected chi connectivity index (χ3v) is 2.97. The Kier molecular flexibility index (Phi) is 1.69. The summed E-state index contributed by atoms with van der Waals surface area (Å²) in [5.74, 6) is 0. The molecule has 2 heterocycles. The van der Waals surface area contributed by atoms with Crippen molar-refractivity contribution < 1.29 is 0 Å². The first-order valence-corrected chi connectivity index (χ1v) is 4.73. The van der Waals surface area contributed by atoms with Gasteiger partial charge in [-0.15, -0.1) is 11.3 Å². The van der Waals surface area contributed by atoms with Crippen molar-refractivity contribution in [3.63, 3.8) is 0 Å². The summed E-state index contributed by atoms with van der Waals surface area (Å²) in [6, 6.07) is 0. The van der Waals surface area contributed by atoms with Crippen LogP contribution in [0.25, 0.3) is 10.2 Å². The molecule has 0 saturated carbocycles. The number of aromatic nitrogens is 3. The molecular formula is C7H7N3S2. The number of hydrogen-bond donors (Lipinski definition) is 1. The van der Waals surface area contributed by atoms with Crippen LogP contribution in [0.5, 0.6) is 0 Å². The fraction of sp³-hybridized carbons (Fsp3) is 0.286. The summed E-state index contributed by atoms with van der Waals surface area (Å²) in [7, 11) is 0. The van der Waals surface area contributed by atoms with Crippen molar-refractivity contribution in [2.45, 2.75) is 13.8 Å². The van der Waals surface area contributed by atoms with Crippen LogP contribution >= 0.6 is 23.6 Å². The Morgan fingerprint density at radius 1 is 1.42 bits per heavy atom. The summed E-state index contributed by atoms with van der Waals surface area (Å²) >= 11 is 6.69. The number of nitrogens with one attached hydrogen (secondary N) is 1. The summed E-state index contributed by atoms with van der Waals surface area (Å²) in [4.78, 5) is 4.32. The molecule has 0 aliphatic carbocycles. The maximum atomic E-state index is 5.05. The van der Waals surface area contributed by atoms with E-state index in [9.17, 15) is 0 Å². The second-order valence-electron chi connectivity index (χ2n) is 2.55. The van der Waals surface area contributed by atoms with E-state index in [4.69, 9.17) is 12.2 Å². The maximum Gasteiger partial charge on any atom is 0.147 e. The molecule has 0 atom stereocenters. The Bertz CT molecular complexity index is 483. The van der Waals surface area contributed by atoms with Crippen LogP contribution in [0, 0.1) is 18.5 Å². The van der Waals surface area contributed by atoms with Crippen molar-refractivity contribution in [1.29, 1.82) is 0 Å². The van der Waals surface area contributed by atoms with E-state index in [1.807, 2.05) is 13.8 Å². The highest BCUT2D eigenvalue weighted by molar-refractivity contribution is 7.71. The molecule has 0 saturated heterocycles. The van der Waals surface area contributed by atoms with Gasteiger partial charge in [-0.05, 0) is 13.8 Å². The van der Waals surface area contributed by atoms with Crippen LogP contribution < -0.4 is 0 Å². The lowest BCUT2D eigenvalue weighted by Gasteiger charge is -1.91. The van der Waals surface area contributed by atoms with Crippen molar-refractivity contribution in [2.75, 3.05) is 0 Å². The molecule has 3 nitrogen and oxygen atoms in total. The monoisotopic (exact) mass is 197 g/mol. The number of rotatable bonds is 0. The first kappa shape index (κ1) is 7.82. The molecule has 5 heteroatoms. The van der Waals surface area contributed by atoms with Crippen LogP contribution in [-0.4, -0.2) is 15.2 Å². The molecule has 0 bridgehead atoms. The zero-order valence-corrected chi connectivity index (χ0v) is 8.34. The third-order valence-electron chi connectivity index (χ3n) is 1.60. The lowest BCUT2D eigenvalue weighted by Crippen LogP contribution is -1.86. The van der Waals surface area contributed by atoms with Gasteiger partial charge in [0, 0.05) is 0 Å². The van der Waals surface area contributed by atoms with Gasteiger partial charge in [0.2, 0.25) is 0 Å². The van der Waals surface area contributed by atoms with Gasteiger partial charge in [0.25, 0.3) is 0 Å². The second-order valence-corrected chi connectivity index (χ2v) is 4.16. The first-order chi connectivity index (χ1) is 5.68. The predicted molar refractivity (Wildman–Crippen MR) is 52.1 cm³/mol. The molecule has 0 aromatic carbocycles. The fourth-order valence-corrected chi connectivity index (χ4v) is 2.19. The molecule has 1 N–H and O–H groups in total. The van der Waals surface area contributed by atoms with Crippen LogP contribution in [0.15, 0.2) is 0 Å². The summed E-state index contributed by atoms with van der Waals surface area (Å²) in [5, 5.41) is 7.85. The molecule has 0 amide bonds. The van der Waals surface area contributed by atoms with Gasteiger partial charge in [-0.2, -0.15) is 5.10 Å². The van der Waals surface area contributed by atoms with E-state index < -0.39 is 0 Å². The number of aryl methyl sites for hydroxylation is 2. The number of fused-ring (bicyclic) bond motifs is 1. The van der Waals surface area contributed by atoms with E-state index in [0.717, 1.165) is 20.9 Å². The minimum atomic E-state index is 0.625. The summed E-state index contributed by atoms with van der Waals surface area (Å²) in [6.45, 7) is 3.92. The third kappa shape index (κ3) is 1.05. The Balaban J connectivity index is 3.03.